The third-order valence-electron chi connectivity index (χ3n) is 5.38. The molecule has 0 aliphatic rings. The van der Waals surface area contributed by atoms with Crippen molar-refractivity contribution in [2.24, 2.45) is 0 Å². The fourth-order valence-electron chi connectivity index (χ4n) is 3.64. The Labute approximate surface area is 191 Å². The number of ether oxygens (including phenoxy) is 2. The zero-order valence-electron chi connectivity index (χ0n) is 18.9. The maximum Gasteiger partial charge on any atom is 0.276 e. The van der Waals surface area contributed by atoms with E-state index in [0.717, 1.165) is 16.9 Å². The standard InChI is InChI=1S/C25H26N4O4/c1-4-33-19-7-5-18(6-8-19)22-16-23-25(31)28(13-14-29(23)27-22)12-11-26-24(30)21-10-9-20(32-3)15-17(21)2/h5-10,13-16H,4,11-12H2,1-3H3,(H,26,30). The second-order valence-corrected chi connectivity index (χ2v) is 7.55. The summed E-state index contributed by atoms with van der Waals surface area (Å²) in [6.45, 7) is 5.07. The van der Waals surface area contributed by atoms with Gasteiger partial charge in [0.05, 0.1) is 19.4 Å². The zero-order chi connectivity index (χ0) is 23.4. The number of fused-ring (bicyclic) bond motifs is 1. The molecule has 170 valence electrons. The topological polar surface area (TPSA) is 86.9 Å². The Hall–Kier alpha value is -4.07. The lowest BCUT2D eigenvalue weighted by Gasteiger charge is -2.10. The molecule has 2 heterocycles. The van der Waals surface area contributed by atoms with Crippen LogP contribution < -0.4 is 20.3 Å². The van der Waals surface area contributed by atoms with Gasteiger partial charge in [0.2, 0.25) is 0 Å². The van der Waals surface area contributed by atoms with Gasteiger partial charge < -0.3 is 19.4 Å². The Balaban J connectivity index is 1.46. The molecule has 0 aliphatic heterocycles. The Morgan fingerprint density at radius 1 is 1.06 bits per heavy atom. The van der Waals surface area contributed by atoms with E-state index in [2.05, 4.69) is 10.4 Å². The van der Waals surface area contributed by atoms with Gasteiger partial charge in [-0.2, -0.15) is 5.10 Å². The lowest BCUT2D eigenvalue weighted by Crippen LogP contribution is -2.31. The molecule has 0 unspecified atom stereocenters. The molecule has 33 heavy (non-hydrogen) atoms. The van der Waals surface area contributed by atoms with Crippen molar-refractivity contribution in [2.75, 3.05) is 20.3 Å². The molecule has 0 saturated carbocycles. The fourth-order valence-corrected chi connectivity index (χ4v) is 3.64. The molecule has 0 radical (unpaired) electrons. The van der Waals surface area contributed by atoms with Crippen LogP contribution in [0.15, 0.2) is 65.7 Å². The van der Waals surface area contributed by atoms with Gasteiger partial charge in [0, 0.05) is 36.6 Å². The van der Waals surface area contributed by atoms with Crippen LogP contribution in [0.25, 0.3) is 16.8 Å². The fraction of sp³-hybridized carbons (Fsp3) is 0.240. The molecule has 0 spiro atoms. The van der Waals surface area contributed by atoms with Crippen molar-refractivity contribution < 1.29 is 14.3 Å². The predicted octanol–water partition coefficient (Wildman–Crippen LogP) is 3.31. The summed E-state index contributed by atoms with van der Waals surface area (Å²) in [6, 6.07) is 14.7. The number of aromatic nitrogens is 3. The van der Waals surface area contributed by atoms with Gasteiger partial charge in [0.15, 0.2) is 0 Å². The molecule has 4 rings (SSSR count). The number of aryl methyl sites for hydroxylation is 1. The summed E-state index contributed by atoms with van der Waals surface area (Å²) >= 11 is 0. The molecule has 0 bridgehead atoms. The van der Waals surface area contributed by atoms with E-state index >= 15 is 0 Å². The van der Waals surface area contributed by atoms with E-state index in [9.17, 15) is 9.59 Å². The van der Waals surface area contributed by atoms with E-state index < -0.39 is 0 Å². The summed E-state index contributed by atoms with van der Waals surface area (Å²) in [5, 5.41) is 7.39. The van der Waals surface area contributed by atoms with Crippen LogP contribution >= 0.6 is 0 Å². The third-order valence-corrected chi connectivity index (χ3v) is 5.38. The first-order valence-corrected chi connectivity index (χ1v) is 10.7. The summed E-state index contributed by atoms with van der Waals surface area (Å²) in [7, 11) is 1.59. The highest BCUT2D eigenvalue weighted by molar-refractivity contribution is 5.95. The Bertz CT molecular complexity index is 1340. The van der Waals surface area contributed by atoms with Crippen molar-refractivity contribution in [3.63, 3.8) is 0 Å². The van der Waals surface area contributed by atoms with Crippen molar-refractivity contribution in [2.45, 2.75) is 20.4 Å². The van der Waals surface area contributed by atoms with E-state index in [1.807, 2.05) is 44.2 Å². The van der Waals surface area contributed by atoms with Gasteiger partial charge in [0.1, 0.15) is 17.0 Å². The molecule has 1 N–H and O–H groups in total. The van der Waals surface area contributed by atoms with Crippen molar-refractivity contribution in [1.82, 2.24) is 19.5 Å². The molecular formula is C25H26N4O4. The number of hydrogen-bond donors (Lipinski definition) is 1. The SMILES string of the molecule is CCOc1ccc(-c2cc3c(=O)n(CCNC(=O)c4ccc(OC)cc4C)ccn3n2)cc1. The normalized spacial score (nSPS) is 10.9. The first-order valence-electron chi connectivity index (χ1n) is 10.7. The smallest absolute Gasteiger partial charge is 0.276 e. The summed E-state index contributed by atoms with van der Waals surface area (Å²) in [6.07, 6.45) is 3.42. The van der Waals surface area contributed by atoms with Gasteiger partial charge in [-0.1, -0.05) is 0 Å². The largest absolute Gasteiger partial charge is 0.497 e. The van der Waals surface area contributed by atoms with Crippen LogP contribution in [0.4, 0.5) is 0 Å². The zero-order valence-corrected chi connectivity index (χ0v) is 18.9. The molecule has 8 heteroatoms. The molecule has 0 atom stereocenters. The maximum absolute atomic E-state index is 12.9. The summed E-state index contributed by atoms with van der Waals surface area (Å²) < 4.78 is 13.8. The second-order valence-electron chi connectivity index (χ2n) is 7.55. The number of rotatable bonds is 8. The highest BCUT2D eigenvalue weighted by atomic mass is 16.5. The van der Waals surface area contributed by atoms with Gasteiger partial charge in [-0.05, 0) is 67.9 Å². The van der Waals surface area contributed by atoms with Crippen LogP contribution in [-0.2, 0) is 6.54 Å². The van der Waals surface area contributed by atoms with E-state index in [1.54, 1.807) is 46.8 Å². The Kier molecular flexibility index (Phi) is 6.44. The van der Waals surface area contributed by atoms with E-state index in [4.69, 9.17) is 9.47 Å². The minimum Gasteiger partial charge on any atom is -0.497 e. The number of nitrogens with zero attached hydrogens (tertiary/aromatic N) is 3. The summed E-state index contributed by atoms with van der Waals surface area (Å²) in [5.41, 5.74) is 3.31. The molecule has 2 aromatic heterocycles. The summed E-state index contributed by atoms with van der Waals surface area (Å²) in [4.78, 5) is 25.5. The molecular weight excluding hydrogens is 420 g/mol. The van der Waals surface area contributed by atoms with Crippen molar-refractivity contribution in [3.8, 4) is 22.8 Å². The average molecular weight is 447 g/mol. The first-order chi connectivity index (χ1) is 16.0. The Morgan fingerprint density at radius 2 is 1.82 bits per heavy atom. The van der Waals surface area contributed by atoms with Gasteiger partial charge in [-0.25, -0.2) is 4.52 Å². The van der Waals surface area contributed by atoms with Crippen molar-refractivity contribution >= 4 is 11.4 Å². The number of amides is 1. The first kappa shape index (κ1) is 22.1. The number of methoxy groups -OCH3 is 1. The quantitative estimate of drug-likeness (QED) is 0.449. The monoisotopic (exact) mass is 446 g/mol. The molecule has 8 nitrogen and oxygen atoms in total. The van der Waals surface area contributed by atoms with Gasteiger partial charge in [-0.3, -0.25) is 9.59 Å². The number of carbonyl (C=O) groups excluding carboxylic acids is 1. The number of nitrogens with one attached hydrogen (secondary N) is 1. The lowest BCUT2D eigenvalue weighted by molar-refractivity contribution is 0.0951. The number of carbonyl (C=O) groups is 1. The van der Waals surface area contributed by atoms with Gasteiger partial charge in [-0.15, -0.1) is 0 Å². The van der Waals surface area contributed by atoms with Gasteiger partial charge in [0.25, 0.3) is 11.5 Å². The van der Waals surface area contributed by atoms with E-state index in [1.165, 1.54) is 0 Å². The molecule has 0 aliphatic carbocycles. The van der Waals surface area contributed by atoms with Crippen LogP contribution in [0.2, 0.25) is 0 Å². The highest BCUT2D eigenvalue weighted by Crippen LogP contribution is 2.22. The maximum atomic E-state index is 12.9. The molecule has 4 aromatic rings. The summed E-state index contributed by atoms with van der Waals surface area (Å²) in [5.74, 6) is 1.31. The minimum atomic E-state index is -0.189. The average Bonchev–Trinajstić information content (AvgIpc) is 3.26. The van der Waals surface area contributed by atoms with Crippen molar-refractivity contribution in [3.05, 3.63) is 82.4 Å². The molecule has 1 amide bonds. The minimum absolute atomic E-state index is 0.169. The highest BCUT2D eigenvalue weighted by Gasteiger charge is 2.12. The number of benzene rings is 2. The van der Waals surface area contributed by atoms with Crippen LogP contribution in [0.5, 0.6) is 11.5 Å². The molecule has 0 saturated heterocycles. The number of hydrogen-bond acceptors (Lipinski definition) is 5. The molecule has 0 fully saturated rings. The molecule has 2 aromatic carbocycles. The van der Waals surface area contributed by atoms with Gasteiger partial charge >= 0.3 is 0 Å². The van der Waals surface area contributed by atoms with Crippen LogP contribution in [-0.4, -0.2) is 40.3 Å². The Morgan fingerprint density at radius 3 is 2.52 bits per heavy atom. The second kappa shape index (κ2) is 9.60. The predicted molar refractivity (Wildman–Crippen MR) is 126 cm³/mol. The van der Waals surface area contributed by atoms with E-state index in [-0.39, 0.29) is 11.5 Å². The van der Waals surface area contributed by atoms with Crippen LogP contribution in [0.1, 0.15) is 22.8 Å². The van der Waals surface area contributed by atoms with Crippen LogP contribution in [0, 0.1) is 6.92 Å². The van der Waals surface area contributed by atoms with Crippen molar-refractivity contribution in [1.29, 1.82) is 0 Å². The van der Waals surface area contributed by atoms with Crippen LogP contribution in [0.3, 0.4) is 0 Å². The van der Waals surface area contributed by atoms with E-state index in [0.29, 0.717) is 42.2 Å². The third kappa shape index (κ3) is 4.74. The lowest BCUT2D eigenvalue weighted by atomic mass is 10.1.